The van der Waals surface area contributed by atoms with Crippen LogP contribution in [0.1, 0.15) is 37.8 Å². The highest BCUT2D eigenvalue weighted by Gasteiger charge is 2.35. The van der Waals surface area contributed by atoms with Gasteiger partial charge in [-0.1, -0.05) is 43.9 Å². The smallest absolute Gasteiger partial charge is 0.266 e. The van der Waals surface area contributed by atoms with Crippen LogP contribution in [0.2, 0.25) is 0 Å². The largest absolute Gasteiger partial charge is 0.385 e. The molecule has 1 amide bonds. The third-order valence-corrected chi connectivity index (χ3v) is 7.08. The van der Waals surface area contributed by atoms with Crippen molar-refractivity contribution in [3.05, 3.63) is 34.2 Å². The highest BCUT2D eigenvalue weighted by molar-refractivity contribution is 8.26. The van der Waals surface area contributed by atoms with Crippen molar-refractivity contribution < 1.29 is 17.8 Å². The Morgan fingerprint density at radius 3 is 2.82 bits per heavy atom. The van der Waals surface area contributed by atoms with E-state index >= 15 is 0 Å². The molecule has 1 aromatic carbocycles. The van der Waals surface area contributed by atoms with E-state index in [0.717, 1.165) is 36.2 Å². The number of fused-ring (bicyclic) bond motifs is 1. The van der Waals surface area contributed by atoms with Gasteiger partial charge in [0.1, 0.15) is 4.32 Å². The molecule has 28 heavy (non-hydrogen) atoms. The Bertz CT molecular complexity index is 938. The molecular formula is C19H24N2O4S3. The van der Waals surface area contributed by atoms with Gasteiger partial charge in [-0.15, -0.1) is 0 Å². The average Bonchev–Trinajstić information content (AvgIpc) is 2.88. The Hall–Kier alpha value is -1.42. The topological polar surface area (TPSA) is 86.7 Å². The van der Waals surface area contributed by atoms with Gasteiger partial charge in [0.25, 0.3) is 16.0 Å². The predicted octanol–water partition coefficient (Wildman–Crippen LogP) is 3.55. The summed E-state index contributed by atoms with van der Waals surface area (Å²) in [5.41, 5.74) is 4.39. The third kappa shape index (κ3) is 4.76. The fraction of sp³-hybridized carbons (Fsp3) is 0.474. The summed E-state index contributed by atoms with van der Waals surface area (Å²) in [4.78, 5) is 15.1. The van der Waals surface area contributed by atoms with E-state index in [1.807, 2.05) is 6.07 Å². The number of carbonyl (C=O) groups excluding carboxylic acids is 1. The molecule has 2 aliphatic heterocycles. The lowest BCUT2D eigenvalue weighted by atomic mass is 9.91. The summed E-state index contributed by atoms with van der Waals surface area (Å²) in [6.07, 6.45) is 2.24. The van der Waals surface area contributed by atoms with Crippen molar-refractivity contribution in [3.8, 4) is 0 Å². The predicted molar refractivity (Wildman–Crippen MR) is 118 cm³/mol. The summed E-state index contributed by atoms with van der Waals surface area (Å²) in [5, 5.41) is 3.40. The number of carbonyl (C=O) groups is 1. The number of hydrogen-bond acceptors (Lipinski definition) is 6. The minimum absolute atomic E-state index is 0.126. The zero-order chi connectivity index (χ0) is 20.5. The molecule has 0 unspecified atom stereocenters. The Labute approximate surface area is 175 Å². The van der Waals surface area contributed by atoms with Gasteiger partial charge >= 0.3 is 0 Å². The number of nitrogens with zero attached hydrogens (tertiary/aromatic N) is 1. The maximum atomic E-state index is 13.0. The Balaban J connectivity index is 1.90. The van der Waals surface area contributed by atoms with Crippen LogP contribution in [0.25, 0.3) is 5.57 Å². The number of nitrogens with one attached hydrogen (secondary N) is 1. The van der Waals surface area contributed by atoms with Crippen LogP contribution in [0.15, 0.2) is 23.1 Å². The second kappa shape index (κ2) is 8.52. The molecular weight excluding hydrogens is 416 g/mol. The van der Waals surface area contributed by atoms with E-state index in [1.54, 1.807) is 0 Å². The van der Waals surface area contributed by atoms with Crippen LogP contribution in [0.5, 0.6) is 0 Å². The van der Waals surface area contributed by atoms with Crippen molar-refractivity contribution in [2.24, 2.45) is 5.92 Å². The first-order chi connectivity index (χ1) is 13.2. The fourth-order valence-electron chi connectivity index (χ4n) is 3.53. The third-order valence-electron chi connectivity index (χ3n) is 4.81. The van der Waals surface area contributed by atoms with Crippen LogP contribution >= 0.6 is 24.0 Å². The summed E-state index contributed by atoms with van der Waals surface area (Å²) >= 11 is 6.63. The van der Waals surface area contributed by atoms with Crippen LogP contribution in [-0.4, -0.2) is 46.9 Å². The molecule has 1 saturated heterocycles. The Morgan fingerprint density at radius 2 is 2.14 bits per heavy atom. The maximum Gasteiger partial charge on any atom is 0.266 e. The van der Waals surface area contributed by atoms with Crippen LogP contribution in [0.3, 0.4) is 0 Å². The molecule has 0 aromatic heterocycles. The summed E-state index contributed by atoms with van der Waals surface area (Å²) < 4.78 is 31.2. The first kappa shape index (κ1) is 21.3. The molecule has 0 spiro atoms. The Kier molecular flexibility index (Phi) is 6.48. The number of thioether (sulfide) groups is 1. The molecule has 0 radical (unpaired) electrons. The number of allylic oxidation sites excluding steroid dienone is 1. The van der Waals surface area contributed by atoms with E-state index in [-0.39, 0.29) is 24.8 Å². The lowest BCUT2D eigenvalue weighted by molar-refractivity contribution is -0.122. The molecule has 2 aliphatic rings. The molecule has 2 heterocycles. The van der Waals surface area contributed by atoms with Crippen LogP contribution < -0.4 is 5.32 Å². The van der Waals surface area contributed by atoms with Crippen LogP contribution in [0, 0.1) is 5.92 Å². The fourth-order valence-corrected chi connectivity index (χ4v) is 5.57. The standard InChI is InChI=1S/C19H24N2O4S3/c1-12(2)16(14-6-7-15-13(11-14)5-3-8-20-15)17-18(22)21(19(26)27-17)9-4-10-28(23,24)25/h6-7,11-12,20H,3-5,8-10H2,1-2H3,(H,23,24,25). The number of aryl methyl sites for hydroxylation is 1. The van der Waals surface area contributed by atoms with E-state index in [0.29, 0.717) is 9.23 Å². The molecule has 1 aromatic rings. The maximum absolute atomic E-state index is 13.0. The van der Waals surface area contributed by atoms with Gasteiger partial charge in [0.2, 0.25) is 0 Å². The van der Waals surface area contributed by atoms with E-state index in [2.05, 4.69) is 31.3 Å². The van der Waals surface area contributed by atoms with Crippen molar-refractivity contribution >= 4 is 55.6 Å². The quantitative estimate of drug-likeness (QED) is 0.397. The summed E-state index contributed by atoms with van der Waals surface area (Å²) in [5.74, 6) is -0.454. The highest BCUT2D eigenvalue weighted by atomic mass is 32.2. The molecule has 6 nitrogen and oxygen atoms in total. The molecule has 152 valence electrons. The molecule has 0 bridgehead atoms. The van der Waals surface area contributed by atoms with Gasteiger partial charge in [0.15, 0.2) is 0 Å². The molecule has 9 heteroatoms. The molecule has 3 rings (SSSR count). The van der Waals surface area contributed by atoms with Gasteiger partial charge in [-0.2, -0.15) is 8.42 Å². The second-order valence-corrected chi connectivity index (χ2v) is 10.5. The SMILES string of the molecule is CC(C)C(=C1SC(=S)N(CCCS(=O)(=O)O)C1=O)c1ccc2c(c1)CCCN2. The molecule has 0 atom stereocenters. The Morgan fingerprint density at radius 1 is 1.39 bits per heavy atom. The summed E-state index contributed by atoms with van der Waals surface area (Å²) in [7, 11) is -4.05. The van der Waals surface area contributed by atoms with Gasteiger partial charge in [0.05, 0.1) is 10.7 Å². The van der Waals surface area contributed by atoms with Crippen molar-refractivity contribution in [3.63, 3.8) is 0 Å². The average molecular weight is 441 g/mol. The summed E-state index contributed by atoms with van der Waals surface area (Å²) in [6.45, 7) is 5.26. The molecule has 0 saturated carbocycles. The monoisotopic (exact) mass is 440 g/mol. The van der Waals surface area contributed by atoms with Crippen LogP contribution in [0.4, 0.5) is 5.69 Å². The molecule has 1 fully saturated rings. The van der Waals surface area contributed by atoms with Crippen molar-refractivity contribution in [2.75, 3.05) is 24.2 Å². The molecule has 2 N–H and O–H groups in total. The minimum atomic E-state index is -4.05. The van der Waals surface area contributed by atoms with Gasteiger partial charge in [-0.05, 0) is 54.0 Å². The lowest BCUT2D eigenvalue weighted by Gasteiger charge is -2.21. The van der Waals surface area contributed by atoms with Crippen molar-refractivity contribution in [2.45, 2.75) is 33.1 Å². The number of rotatable bonds is 6. The summed E-state index contributed by atoms with van der Waals surface area (Å²) in [6, 6.07) is 6.26. The van der Waals surface area contributed by atoms with E-state index in [4.69, 9.17) is 16.8 Å². The minimum Gasteiger partial charge on any atom is -0.385 e. The first-order valence-electron chi connectivity index (χ1n) is 9.27. The number of amides is 1. The lowest BCUT2D eigenvalue weighted by Crippen LogP contribution is -2.30. The second-order valence-electron chi connectivity index (χ2n) is 7.26. The zero-order valence-electron chi connectivity index (χ0n) is 15.9. The van der Waals surface area contributed by atoms with Crippen LogP contribution in [-0.2, 0) is 21.3 Å². The number of hydrogen-bond donors (Lipinski definition) is 2. The first-order valence-corrected chi connectivity index (χ1v) is 12.1. The number of anilines is 1. The number of benzene rings is 1. The molecule has 0 aliphatic carbocycles. The van der Waals surface area contributed by atoms with E-state index < -0.39 is 15.9 Å². The van der Waals surface area contributed by atoms with E-state index in [1.165, 1.54) is 22.2 Å². The highest BCUT2D eigenvalue weighted by Crippen LogP contribution is 2.41. The van der Waals surface area contributed by atoms with Crippen molar-refractivity contribution in [1.82, 2.24) is 4.90 Å². The van der Waals surface area contributed by atoms with Gasteiger partial charge in [-0.25, -0.2) is 0 Å². The van der Waals surface area contributed by atoms with Gasteiger partial charge in [-0.3, -0.25) is 14.2 Å². The van der Waals surface area contributed by atoms with E-state index in [9.17, 15) is 13.2 Å². The zero-order valence-corrected chi connectivity index (χ0v) is 18.3. The van der Waals surface area contributed by atoms with Crippen molar-refractivity contribution in [1.29, 1.82) is 0 Å². The number of thiocarbonyl (C=S) groups is 1. The van der Waals surface area contributed by atoms with Gasteiger partial charge < -0.3 is 5.32 Å². The normalized spacial score (nSPS) is 19.1. The van der Waals surface area contributed by atoms with Gasteiger partial charge in [0, 0.05) is 18.8 Å².